The average molecular weight is 287 g/mol. The number of hydrogen-bond donors (Lipinski definition) is 1. The van der Waals surface area contributed by atoms with Crippen LogP contribution in [0.5, 0.6) is 0 Å². The van der Waals surface area contributed by atoms with E-state index in [0.29, 0.717) is 25.1 Å². The number of hydrogen-bond acceptors (Lipinski definition) is 3. The maximum Gasteiger partial charge on any atom is 0.416 e. The molecule has 0 aromatic heterocycles. The number of rotatable bonds is 2. The van der Waals surface area contributed by atoms with Crippen molar-refractivity contribution in [3.8, 4) is 0 Å². The lowest BCUT2D eigenvalue weighted by Crippen LogP contribution is -2.39. The molecule has 3 nitrogen and oxygen atoms in total. The minimum Gasteiger partial charge on any atom is -0.469 e. The van der Waals surface area contributed by atoms with Crippen LogP contribution in [0.15, 0.2) is 24.3 Å². The quantitative estimate of drug-likeness (QED) is 0.850. The molecule has 1 saturated heterocycles. The minimum atomic E-state index is -4.35. The maximum absolute atomic E-state index is 12.7. The third-order valence-electron chi connectivity index (χ3n) is 3.57. The summed E-state index contributed by atoms with van der Waals surface area (Å²) in [6.45, 7) is 1.07. The average Bonchev–Trinajstić information content (AvgIpc) is 2.46. The molecule has 0 bridgehead atoms. The van der Waals surface area contributed by atoms with Gasteiger partial charge in [-0.1, -0.05) is 18.2 Å². The van der Waals surface area contributed by atoms with Crippen molar-refractivity contribution in [2.24, 2.45) is 5.92 Å². The van der Waals surface area contributed by atoms with Crippen LogP contribution < -0.4 is 5.32 Å². The zero-order valence-electron chi connectivity index (χ0n) is 11.0. The smallest absolute Gasteiger partial charge is 0.416 e. The number of piperidine rings is 1. The highest BCUT2D eigenvalue weighted by Crippen LogP contribution is 2.33. The molecule has 0 saturated carbocycles. The van der Waals surface area contributed by atoms with Crippen LogP contribution in [-0.4, -0.2) is 26.2 Å². The molecular weight excluding hydrogens is 271 g/mol. The second-order valence-corrected chi connectivity index (χ2v) is 4.93. The standard InChI is InChI=1S/C14H16F3NO2/c1-20-13(19)11-5-10(7-18-8-11)9-3-2-4-12(6-9)14(15,16)17/h2-4,6,10-11,18H,5,7-8H2,1H3/t10-,11+/m1/s1. The Hall–Kier alpha value is -1.56. The number of benzene rings is 1. The van der Waals surface area contributed by atoms with Gasteiger partial charge in [-0.25, -0.2) is 0 Å². The molecular formula is C14H16F3NO2. The third-order valence-corrected chi connectivity index (χ3v) is 3.57. The molecule has 1 N–H and O–H groups in total. The second kappa shape index (κ2) is 5.83. The minimum absolute atomic E-state index is 0.116. The fourth-order valence-corrected chi connectivity index (χ4v) is 2.51. The first-order valence-electron chi connectivity index (χ1n) is 6.37. The van der Waals surface area contributed by atoms with Crippen molar-refractivity contribution in [1.82, 2.24) is 5.32 Å². The number of carbonyl (C=O) groups excluding carboxylic acids is 1. The van der Waals surface area contributed by atoms with Crippen molar-refractivity contribution in [3.05, 3.63) is 35.4 Å². The Morgan fingerprint density at radius 3 is 2.75 bits per heavy atom. The van der Waals surface area contributed by atoms with Crippen molar-refractivity contribution in [2.45, 2.75) is 18.5 Å². The predicted octanol–water partition coefficient (Wildman–Crippen LogP) is 2.57. The molecule has 1 heterocycles. The van der Waals surface area contributed by atoms with Crippen LogP contribution in [0.25, 0.3) is 0 Å². The first kappa shape index (κ1) is 14.8. The molecule has 0 unspecified atom stereocenters. The van der Waals surface area contributed by atoms with E-state index in [1.54, 1.807) is 6.07 Å². The molecule has 110 valence electrons. The number of esters is 1. The largest absolute Gasteiger partial charge is 0.469 e. The molecule has 20 heavy (non-hydrogen) atoms. The van der Waals surface area contributed by atoms with Gasteiger partial charge in [-0.2, -0.15) is 13.2 Å². The summed E-state index contributed by atoms with van der Waals surface area (Å²) in [6, 6.07) is 5.28. The van der Waals surface area contributed by atoms with Crippen molar-refractivity contribution in [3.63, 3.8) is 0 Å². The molecule has 2 atom stereocenters. The van der Waals surface area contributed by atoms with Gasteiger partial charge in [-0.05, 0) is 24.0 Å². The summed E-state index contributed by atoms with van der Waals surface area (Å²) in [6.07, 6.45) is -3.85. The molecule has 1 aliphatic heterocycles. The van der Waals surface area contributed by atoms with E-state index in [9.17, 15) is 18.0 Å². The topological polar surface area (TPSA) is 38.3 Å². The first-order valence-corrected chi connectivity index (χ1v) is 6.37. The Kier molecular flexibility index (Phi) is 4.32. The monoisotopic (exact) mass is 287 g/mol. The van der Waals surface area contributed by atoms with Crippen LogP contribution in [0.1, 0.15) is 23.5 Å². The summed E-state index contributed by atoms with van der Waals surface area (Å²) in [4.78, 5) is 11.5. The van der Waals surface area contributed by atoms with Crippen LogP contribution in [-0.2, 0) is 15.7 Å². The molecule has 0 spiro atoms. The first-order chi connectivity index (χ1) is 9.41. The van der Waals surface area contributed by atoms with Crippen molar-refractivity contribution < 1.29 is 22.7 Å². The number of halogens is 3. The summed E-state index contributed by atoms with van der Waals surface area (Å²) in [5.74, 6) is -0.752. The van der Waals surface area contributed by atoms with Gasteiger partial charge in [0.1, 0.15) is 0 Å². The fraction of sp³-hybridized carbons (Fsp3) is 0.500. The number of ether oxygens (including phenoxy) is 1. The van der Waals surface area contributed by atoms with Crippen LogP contribution in [0, 0.1) is 5.92 Å². The van der Waals surface area contributed by atoms with E-state index in [4.69, 9.17) is 4.74 Å². The van der Waals surface area contributed by atoms with Crippen molar-refractivity contribution in [1.29, 1.82) is 0 Å². The number of methoxy groups -OCH3 is 1. The van der Waals surface area contributed by atoms with Crippen LogP contribution in [0.3, 0.4) is 0 Å². The second-order valence-electron chi connectivity index (χ2n) is 4.93. The Morgan fingerprint density at radius 2 is 2.10 bits per heavy atom. The van der Waals surface area contributed by atoms with E-state index in [2.05, 4.69) is 5.32 Å². The Bertz CT molecular complexity index is 488. The van der Waals surface area contributed by atoms with E-state index in [1.165, 1.54) is 13.2 Å². The highest BCUT2D eigenvalue weighted by molar-refractivity contribution is 5.72. The lowest BCUT2D eigenvalue weighted by molar-refractivity contribution is -0.146. The summed E-state index contributed by atoms with van der Waals surface area (Å²) >= 11 is 0. The Morgan fingerprint density at radius 1 is 1.35 bits per heavy atom. The highest BCUT2D eigenvalue weighted by Gasteiger charge is 2.33. The van der Waals surface area contributed by atoms with Gasteiger partial charge in [0.05, 0.1) is 18.6 Å². The summed E-state index contributed by atoms with van der Waals surface area (Å²) in [5, 5.41) is 3.07. The van der Waals surface area contributed by atoms with Crippen LogP contribution in [0.4, 0.5) is 13.2 Å². The van der Waals surface area contributed by atoms with Gasteiger partial charge >= 0.3 is 12.1 Å². The maximum atomic E-state index is 12.7. The Balaban J connectivity index is 2.17. The molecule has 0 radical (unpaired) electrons. The van der Waals surface area contributed by atoms with Gasteiger partial charge in [0.2, 0.25) is 0 Å². The van der Waals surface area contributed by atoms with E-state index >= 15 is 0 Å². The normalized spacial score (nSPS) is 23.4. The van der Waals surface area contributed by atoms with E-state index in [0.717, 1.165) is 12.1 Å². The van der Waals surface area contributed by atoms with Crippen molar-refractivity contribution in [2.75, 3.05) is 20.2 Å². The molecule has 6 heteroatoms. The molecule has 0 amide bonds. The molecule has 0 aliphatic carbocycles. The summed E-state index contributed by atoms with van der Waals surface area (Å²) in [5.41, 5.74) is -0.0591. The molecule has 1 aliphatic rings. The third kappa shape index (κ3) is 3.30. The molecule has 1 aromatic carbocycles. The number of carbonyl (C=O) groups is 1. The van der Waals surface area contributed by atoms with Crippen LogP contribution in [0.2, 0.25) is 0 Å². The molecule has 2 rings (SSSR count). The van der Waals surface area contributed by atoms with Gasteiger partial charge in [0.15, 0.2) is 0 Å². The Labute approximate surface area is 115 Å². The van der Waals surface area contributed by atoms with E-state index in [-0.39, 0.29) is 17.8 Å². The van der Waals surface area contributed by atoms with Crippen molar-refractivity contribution >= 4 is 5.97 Å². The zero-order chi connectivity index (χ0) is 14.8. The van der Waals surface area contributed by atoms with Gasteiger partial charge in [0, 0.05) is 13.1 Å². The fourth-order valence-electron chi connectivity index (χ4n) is 2.51. The SMILES string of the molecule is COC(=O)[C@@H]1CNC[C@H](c2cccc(C(F)(F)F)c2)C1. The van der Waals surface area contributed by atoms with E-state index < -0.39 is 11.7 Å². The zero-order valence-corrected chi connectivity index (χ0v) is 11.0. The summed E-state index contributed by atoms with van der Waals surface area (Å²) < 4.78 is 42.8. The molecule has 1 fully saturated rings. The van der Waals surface area contributed by atoms with Gasteiger partial charge in [-0.3, -0.25) is 4.79 Å². The summed E-state index contributed by atoms with van der Waals surface area (Å²) in [7, 11) is 1.32. The lowest BCUT2D eigenvalue weighted by Gasteiger charge is -2.29. The van der Waals surface area contributed by atoms with E-state index in [1.807, 2.05) is 0 Å². The van der Waals surface area contributed by atoms with Crippen LogP contribution >= 0.6 is 0 Å². The van der Waals surface area contributed by atoms with Gasteiger partial charge in [0.25, 0.3) is 0 Å². The highest BCUT2D eigenvalue weighted by atomic mass is 19.4. The van der Waals surface area contributed by atoms with Gasteiger partial charge < -0.3 is 10.1 Å². The lowest BCUT2D eigenvalue weighted by atomic mass is 9.85. The molecule has 1 aromatic rings. The predicted molar refractivity (Wildman–Crippen MR) is 67.2 cm³/mol. The number of alkyl halides is 3. The van der Waals surface area contributed by atoms with Gasteiger partial charge in [-0.15, -0.1) is 0 Å². The number of nitrogens with one attached hydrogen (secondary N) is 1.